The Labute approximate surface area is 114 Å². The van der Waals surface area contributed by atoms with Gasteiger partial charge in [0.1, 0.15) is 11.9 Å². The average Bonchev–Trinajstić information content (AvgIpc) is 2.42. The molecule has 4 aliphatic carbocycles. The Morgan fingerprint density at radius 2 is 1.79 bits per heavy atom. The van der Waals surface area contributed by atoms with Gasteiger partial charge in [0, 0.05) is 12.2 Å². The maximum atomic E-state index is 9.17. The third-order valence-electron chi connectivity index (χ3n) is 5.46. The van der Waals surface area contributed by atoms with Crippen LogP contribution >= 0.6 is 0 Å². The van der Waals surface area contributed by atoms with Crippen molar-refractivity contribution in [2.75, 3.05) is 5.32 Å². The average molecular weight is 253 g/mol. The first-order chi connectivity index (χ1) is 9.33. The minimum absolute atomic E-state index is 0.551. The molecule has 3 heteroatoms. The second kappa shape index (κ2) is 4.23. The summed E-state index contributed by atoms with van der Waals surface area (Å²) in [6.07, 6.45) is 8.81. The first-order valence-electron chi connectivity index (χ1n) is 7.45. The van der Waals surface area contributed by atoms with Crippen LogP contribution in [-0.4, -0.2) is 11.0 Å². The Morgan fingerprint density at radius 3 is 2.42 bits per heavy atom. The summed E-state index contributed by atoms with van der Waals surface area (Å²) >= 11 is 0. The number of hydrogen-bond donors (Lipinski definition) is 1. The molecule has 4 fully saturated rings. The molecule has 4 bridgehead atoms. The molecule has 0 saturated heterocycles. The number of nitriles is 1. The standard InChI is InChI=1S/C16H19N3/c17-9-12-2-1-3-18-16(12)19-15-13-5-10-4-11(7-13)8-14(15)6-10/h1-3,10-11,13-15H,4-8H2,(H,18,19). The van der Waals surface area contributed by atoms with E-state index in [9.17, 15) is 5.26 Å². The van der Waals surface area contributed by atoms with Crippen molar-refractivity contribution in [1.29, 1.82) is 5.26 Å². The lowest BCUT2D eigenvalue weighted by molar-refractivity contribution is 0.00741. The van der Waals surface area contributed by atoms with Crippen molar-refractivity contribution in [1.82, 2.24) is 4.98 Å². The van der Waals surface area contributed by atoms with Crippen LogP contribution in [0.1, 0.15) is 37.7 Å². The molecule has 0 amide bonds. The van der Waals surface area contributed by atoms with Gasteiger partial charge in [-0.3, -0.25) is 0 Å². The summed E-state index contributed by atoms with van der Waals surface area (Å²) in [6.45, 7) is 0. The number of hydrogen-bond acceptors (Lipinski definition) is 3. The van der Waals surface area contributed by atoms with E-state index in [2.05, 4.69) is 16.4 Å². The molecule has 1 aromatic rings. The smallest absolute Gasteiger partial charge is 0.144 e. The lowest BCUT2D eigenvalue weighted by Gasteiger charge is -2.54. The Balaban J connectivity index is 1.59. The third-order valence-corrected chi connectivity index (χ3v) is 5.46. The Morgan fingerprint density at radius 1 is 1.11 bits per heavy atom. The highest BCUT2D eigenvalue weighted by molar-refractivity contribution is 5.52. The van der Waals surface area contributed by atoms with Gasteiger partial charge in [0.25, 0.3) is 0 Å². The van der Waals surface area contributed by atoms with Crippen molar-refractivity contribution in [2.24, 2.45) is 23.7 Å². The van der Waals surface area contributed by atoms with Crippen LogP contribution in [0.15, 0.2) is 18.3 Å². The fourth-order valence-corrected chi connectivity index (χ4v) is 4.93. The molecule has 0 spiro atoms. The van der Waals surface area contributed by atoms with Gasteiger partial charge in [-0.2, -0.15) is 5.26 Å². The quantitative estimate of drug-likeness (QED) is 0.880. The second-order valence-electron chi connectivity index (χ2n) is 6.61. The van der Waals surface area contributed by atoms with Crippen LogP contribution in [0, 0.1) is 35.0 Å². The lowest BCUT2D eigenvalue weighted by Crippen LogP contribution is -2.51. The highest BCUT2D eigenvalue weighted by atomic mass is 15.0. The van der Waals surface area contributed by atoms with Gasteiger partial charge >= 0.3 is 0 Å². The fourth-order valence-electron chi connectivity index (χ4n) is 4.93. The first-order valence-corrected chi connectivity index (χ1v) is 7.45. The van der Waals surface area contributed by atoms with Crippen molar-refractivity contribution in [3.8, 4) is 6.07 Å². The third kappa shape index (κ3) is 1.82. The summed E-state index contributed by atoms with van der Waals surface area (Å²) in [5, 5.41) is 12.8. The highest BCUT2D eigenvalue weighted by Gasteiger charge is 2.48. The molecule has 4 saturated carbocycles. The van der Waals surface area contributed by atoms with Crippen LogP contribution in [-0.2, 0) is 0 Å². The Hall–Kier alpha value is -1.56. The van der Waals surface area contributed by atoms with Gasteiger partial charge in [-0.15, -0.1) is 0 Å². The van der Waals surface area contributed by atoms with E-state index in [0.29, 0.717) is 11.6 Å². The van der Waals surface area contributed by atoms with E-state index in [4.69, 9.17) is 0 Å². The number of rotatable bonds is 2. The Kier molecular flexibility index (Phi) is 2.51. The lowest BCUT2D eigenvalue weighted by atomic mass is 9.54. The van der Waals surface area contributed by atoms with Crippen molar-refractivity contribution >= 4 is 5.82 Å². The Bertz CT molecular complexity index is 503. The van der Waals surface area contributed by atoms with Gasteiger partial charge in [0.05, 0.1) is 5.56 Å². The van der Waals surface area contributed by atoms with E-state index < -0.39 is 0 Å². The molecule has 0 atom stereocenters. The minimum Gasteiger partial charge on any atom is -0.366 e. The minimum atomic E-state index is 0.551. The zero-order valence-corrected chi connectivity index (χ0v) is 11.0. The van der Waals surface area contributed by atoms with Crippen LogP contribution in [0.25, 0.3) is 0 Å². The summed E-state index contributed by atoms with van der Waals surface area (Å²) in [4.78, 5) is 4.37. The largest absolute Gasteiger partial charge is 0.366 e. The maximum absolute atomic E-state index is 9.17. The van der Waals surface area contributed by atoms with Gasteiger partial charge in [-0.25, -0.2) is 4.98 Å². The topological polar surface area (TPSA) is 48.7 Å². The molecule has 5 rings (SSSR count). The monoisotopic (exact) mass is 253 g/mol. The first kappa shape index (κ1) is 11.3. The van der Waals surface area contributed by atoms with Crippen molar-refractivity contribution in [3.05, 3.63) is 23.9 Å². The molecule has 0 aromatic carbocycles. The maximum Gasteiger partial charge on any atom is 0.144 e. The van der Waals surface area contributed by atoms with Crippen LogP contribution in [0.2, 0.25) is 0 Å². The van der Waals surface area contributed by atoms with E-state index >= 15 is 0 Å². The van der Waals surface area contributed by atoms with Crippen molar-refractivity contribution < 1.29 is 0 Å². The zero-order valence-electron chi connectivity index (χ0n) is 11.0. The molecular weight excluding hydrogens is 234 g/mol. The molecule has 1 N–H and O–H groups in total. The predicted octanol–water partition coefficient (Wildman–Crippen LogP) is 3.19. The van der Waals surface area contributed by atoms with E-state index in [1.807, 2.05) is 12.1 Å². The van der Waals surface area contributed by atoms with E-state index in [1.54, 1.807) is 6.20 Å². The number of nitrogens with one attached hydrogen (secondary N) is 1. The van der Waals surface area contributed by atoms with Crippen LogP contribution < -0.4 is 5.32 Å². The molecule has 0 aliphatic heterocycles. The molecule has 0 unspecified atom stereocenters. The normalized spacial score (nSPS) is 39.0. The molecule has 3 nitrogen and oxygen atoms in total. The summed E-state index contributed by atoms with van der Waals surface area (Å²) < 4.78 is 0. The highest BCUT2D eigenvalue weighted by Crippen LogP contribution is 2.54. The van der Waals surface area contributed by atoms with E-state index in [0.717, 1.165) is 29.5 Å². The fraction of sp³-hybridized carbons (Fsp3) is 0.625. The predicted molar refractivity (Wildman–Crippen MR) is 73.4 cm³/mol. The van der Waals surface area contributed by atoms with Gasteiger partial charge in [0.15, 0.2) is 0 Å². The second-order valence-corrected chi connectivity index (χ2v) is 6.61. The molecule has 1 aromatic heterocycles. The number of pyridine rings is 1. The summed E-state index contributed by atoms with van der Waals surface area (Å²) in [5.41, 5.74) is 0.677. The summed E-state index contributed by atoms with van der Waals surface area (Å²) in [6, 6.07) is 6.48. The zero-order chi connectivity index (χ0) is 12.8. The van der Waals surface area contributed by atoms with Gasteiger partial charge < -0.3 is 5.32 Å². The van der Waals surface area contributed by atoms with Gasteiger partial charge in [0.2, 0.25) is 0 Å². The SMILES string of the molecule is N#Cc1cccnc1NC1C2CC3CC(C2)CC1C3. The van der Waals surface area contributed by atoms with Crippen LogP contribution in [0.5, 0.6) is 0 Å². The summed E-state index contributed by atoms with van der Waals surface area (Å²) in [5.74, 6) is 4.39. The molecular formula is C16H19N3. The number of anilines is 1. The van der Waals surface area contributed by atoms with Crippen molar-refractivity contribution in [3.63, 3.8) is 0 Å². The summed E-state index contributed by atoms with van der Waals surface area (Å²) in [7, 11) is 0. The molecule has 98 valence electrons. The van der Waals surface area contributed by atoms with Crippen molar-refractivity contribution in [2.45, 2.75) is 38.1 Å². The van der Waals surface area contributed by atoms with Gasteiger partial charge in [-0.05, 0) is 67.9 Å². The van der Waals surface area contributed by atoms with E-state index in [1.165, 1.54) is 32.1 Å². The number of aromatic nitrogens is 1. The van der Waals surface area contributed by atoms with Gasteiger partial charge in [-0.1, -0.05) is 0 Å². The molecule has 0 radical (unpaired) electrons. The molecule has 19 heavy (non-hydrogen) atoms. The van der Waals surface area contributed by atoms with E-state index in [-0.39, 0.29) is 0 Å². The molecule has 1 heterocycles. The molecule has 4 aliphatic rings. The number of nitrogens with zero attached hydrogens (tertiary/aromatic N) is 2. The van der Waals surface area contributed by atoms with Crippen LogP contribution in [0.4, 0.5) is 5.82 Å². The van der Waals surface area contributed by atoms with Crippen LogP contribution in [0.3, 0.4) is 0 Å².